The standard InChI is InChI=1S/C12H22O3/c1-9(13)7-10(14)15-12(5,6)8-11(2,3)4/h7-8H2,1-6H3. The van der Waals surface area contributed by atoms with Crippen LogP contribution in [0.5, 0.6) is 0 Å². The van der Waals surface area contributed by atoms with E-state index >= 15 is 0 Å². The Kier molecular flexibility index (Phi) is 4.50. The van der Waals surface area contributed by atoms with Crippen LogP contribution < -0.4 is 0 Å². The van der Waals surface area contributed by atoms with Crippen LogP contribution in [0.3, 0.4) is 0 Å². The largest absolute Gasteiger partial charge is 0.459 e. The molecule has 15 heavy (non-hydrogen) atoms. The predicted molar refractivity (Wildman–Crippen MR) is 59.5 cm³/mol. The minimum Gasteiger partial charge on any atom is -0.459 e. The molecule has 0 bridgehead atoms. The summed E-state index contributed by atoms with van der Waals surface area (Å²) in [7, 11) is 0. The molecule has 0 unspecified atom stereocenters. The molecule has 3 heteroatoms. The molecule has 0 rings (SSSR count). The summed E-state index contributed by atoms with van der Waals surface area (Å²) in [5.41, 5.74) is -0.412. The highest BCUT2D eigenvalue weighted by atomic mass is 16.6. The normalized spacial score (nSPS) is 12.4. The number of ether oxygens (including phenoxy) is 1. The Labute approximate surface area is 92.2 Å². The van der Waals surface area contributed by atoms with Gasteiger partial charge in [-0.3, -0.25) is 9.59 Å². The van der Waals surface area contributed by atoms with Gasteiger partial charge < -0.3 is 4.74 Å². The van der Waals surface area contributed by atoms with Gasteiger partial charge in [0.05, 0.1) is 0 Å². The second-order valence-electron chi connectivity index (χ2n) is 5.85. The van der Waals surface area contributed by atoms with Gasteiger partial charge in [-0.2, -0.15) is 0 Å². The van der Waals surface area contributed by atoms with Crippen LogP contribution in [-0.4, -0.2) is 17.4 Å². The topological polar surface area (TPSA) is 43.4 Å². The highest BCUT2D eigenvalue weighted by Gasteiger charge is 2.29. The van der Waals surface area contributed by atoms with Gasteiger partial charge in [0.1, 0.15) is 17.8 Å². The van der Waals surface area contributed by atoms with Gasteiger partial charge in [-0.1, -0.05) is 20.8 Å². The number of Topliss-reactive ketones (excluding diaryl/α,β-unsaturated/α-hetero) is 1. The molecule has 0 aromatic heterocycles. The van der Waals surface area contributed by atoms with Gasteiger partial charge in [0, 0.05) is 0 Å². The predicted octanol–water partition coefficient (Wildman–Crippen LogP) is 2.72. The lowest BCUT2D eigenvalue weighted by atomic mass is 9.83. The van der Waals surface area contributed by atoms with E-state index in [0.717, 1.165) is 6.42 Å². The lowest BCUT2D eigenvalue weighted by molar-refractivity contribution is -0.159. The summed E-state index contributed by atoms with van der Waals surface area (Å²) in [5, 5.41) is 0. The lowest BCUT2D eigenvalue weighted by Gasteiger charge is -2.32. The third-order valence-electron chi connectivity index (χ3n) is 1.74. The molecule has 0 fully saturated rings. The number of ketones is 1. The molecule has 0 atom stereocenters. The van der Waals surface area contributed by atoms with E-state index in [9.17, 15) is 9.59 Å². The van der Waals surface area contributed by atoms with Gasteiger partial charge in [-0.25, -0.2) is 0 Å². The van der Waals surface area contributed by atoms with E-state index in [0.29, 0.717) is 0 Å². The fraction of sp³-hybridized carbons (Fsp3) is 0.833. The zero-order valence-corrected chi connectivity index (χ0v) is 10.6. The molecule has 88 valence electrons. The van der Waals surface area contributed by atoms with Crippen molar-refractivity contribution in [1.29, 1.82) is 0 Å². The summed E-state index contributed by atoms with van der Waals surface area (Å²) in [4.78, 5) is 22.0. The van der Waals surface area contributed by atoms with Crippen molar-refractivity contribution in [1.82, 2.24) is 0 Å². The van der Waals surface area contributed by atoms with E-state index in [2.05, 4.69) is 20.8 Å². The highest BCUT2D eigenvalue weighted by molar-refractivity contribution is 5.94. The molecular formula is C12H22O3. The molecular weight excluding hydrogens is 192 g/mol. The molecule has 0 heterocycles. The van der Waals surface area contributed by atoms with Gasteiger partial charge in [-0.05, 0) is 32.6 Å². The minimum absolute atomic E-state index is 0.0972. The average Bonchev–Trinajstić information content (AvgIpc) is 1.73. The summed E-state index contributed by atoms with van der Waals surface area (Å²) < 4.78 is 5.26. The van der Waals surface area contributed by atoms with E-state index in [1.54, 1.807) is 0 Å². The number of rotatable bonds is 4. The number of hydrogen-bond acceptors (Lipinski definition) is 3. The monoisotopic (exact) mass is 214 g/mol. The third-order valence-corrected chi connectivity index (χ3v) is 1.74. The zero-order valence-electron chi connectivity index (χ0n) is 10.6. The summed E-state index contributed by atoms with van der Waals surface area (Å²) in [6.45, 7) is 11.4. The Hall–Kier alpha value is -0.860. The quantitative estimate of drug-likeness (QED) is 0.534. The first-order valence-corrected chi connectivity index (χ1v) is 5.23. The Morgan fingerprint density at radius 3 is 1.87 bits per heavy atom. The maximum absolute atomic E-state index is 11.3. The van der Waals surface area contributed by atoms with Crippen molar-refractivity contribution in [3.05, 3.63) is 0 Å². The Morgan fingerprint density at radius 2 is 1.53 bits per heavy atom. The first-order valence-electron chi connectivity index (χ1n) is 5.23. The van der Waals surface area contributed by atoms with Crippen molar-refractivity contribution in [2.45, 2.75) is 60.0 Å². The molecule has 0 aromatic carbocycles. The Morgan fingerprint density at radius 1 is 1.07 bits per heavy atom. The minimum atomic E-state index is -0.509. The third kappa shape index (κ3) is 8.16. The second-order valence-corrected chi connectivity index (χ2v) is 5.85. The van der Waals surface area contributed by atoms with Gasteiger partial charge in [0.2, 0.25) is 0 Å². The van der Waals surface area contributed by atoms with Crippen LogP contribution >= 0.6 is 0 Å². The molecule has 0 aliphatic rings. The number of esters is 1. The van der Waals surface area contributed by atoms with Crippen LogP contribution in [0.25, 0.3) is 0 Å². The molecule has 0 radical (unpaired) electrons. The molecule has 3 nitrogen and oxygen atoms in total. The number of hydrogen-bond donors (Lipinski definition) is 0. The molecule has 0 saturated carbocycles. The van der Waals surface area contributed by atoms with E-state index in [-0.39, 0.29) is 17.6 Å². The van der Waals surface area contributed by atoms with E-state index in [4.69, 9.17) is 4.74 Å². The van der Waals surface area contributed by atoms with Crippen LogP contribution in [0, 0.1) is 5.41 Å². The SMILES string of the molecule is CC(=O)CC(=O)OC(C)(C)CC(C)(C)C. The van der Waals surface area contributed by atoms with Crippen LogP contribution in [0.4, 0.5) is 0 Å². The van der Waals surface area contributed by atoms with Gasteiger partial charge in [0.25, 0.3) is 0 Å². The smallest absolute Gasteiger partial charge is 0.313 e. The highest BCUT2D eigenvalue weighted by Crippen LogP contribution is 2.29. The van der Waals surface area contributed by atoms with Crippen molar-refractivity contribution >= 4 is 11.8 Å². The van der Waals surface area contributed by atoms with Gasteiger partial charge in [-0.15, -0.1) is 0 Å². The van der Waals surface area contributed by atoms with E-state index in [1.807, 2.05) is 13.8 Å². The summed E-state index contributed by atoms with van der Waals surface area (Å²) in [5.74, 6) is -0.594. The summed E-state index contributed by atoms with van der Waals surface area (Å²) in [6, 6.07) is 0. The second kappa shape index (κ2) is 4.77. The van der Waals surface area contributed by atoms with Crippen LogP contribution in [-0.2, 0) is 14.3 Å². The molecule has 0 N–H and O–H groups in total. The summed E-state index contributed by atoms with van der Waals surface area (Å²) >= 11 is 0. The molecule has 0 aromatic rings. The van der Waals surface area contributed by atoms with Gasteiger partial charge in [0.15, 0.2) is 0 Å². The maximum Gasteiger partial charge on any atom is 0.313 e. The number of carbonyl (C=O) groups is 2. The molecule has 0 spiro atoms. The van der Waals surface area contributed by atoms with Crippen molar-refractivity contribution in [3.63, 3.8) is 0 Å². The lowest BCUT2D eigenvalue weighted by Crippen LogP contribution is -2.33. The molecule has 0 aliphatic carbocycles. The van der Waals surface area contributed by atoms with Crippen molar-refractivity contribution < 1.29 is 14.3 Å². The van der Waals surface area contributed by atoms with Gasteiger partial charge >= 0.3 is 5.97 Å². The number of carbonyl (C=O) groups excluding carboxylic acids is 2. The van der Waals surface area contributed by atoms with Crippen LogP contribution in [0.2, 0.25) is 0 Å². The van der Waals surface area contributed by atoms with E-state index in [1.165, 1.54) is 6.92 Å². The molecule has 0 aliphatic heterocycles. The van der Waals surface area contributed by atoms with Crippen molar-refractivity contribution in [2.75, 3.05) is 0 Å². The first-order chi connectivity index (χ1) is 6.52. The fourth-order valence-electron chi connectivity index (χ4n) is 1.86. The van der Waals surface area contributed by atoms with E-state index < -0.39 is 11.6 Å². The molecule has 0 saturated heterocycles. The molecule has 0 amide bonds. The first kappa shape index (κ1) is 14.1. The van der Waals surface area contributed by atoms with Crippen molar-refractivity contribution in [2.24, 2.45) is 5.41 Å². The summed E-state index contributed by atoms with van der Waals surface area (Å²) in [6.07, 6.45) is 0.636. The fourth-order valence-corrected chi connectivity index (χ4v) is 1.86. The average molecular weight is 214 g/mol. The van der Waals surface area contributed by atoms with Crippen LogP contribution in [0.15, 0.2) is 0 Å². The Balaban J connectivity index is 4.25. The Bertz CT molecular complexity index is 246. The zero-order chi connectivity index (χ0) is 12.3. The van der Waals surface area contributed by atoms with Crippen molar-refractivity contribution in [3.8, 4) is 0 Å². The maximum atomic E-state index is 11.3. The van der Waals surface area contributed by atoms with Crippen LogP contribution in [0.1, 0.15) is 54.4 Å².